The molecule has 0 spiro atoms. The van der Waals surface area contributed by atoms with E-state index in [1.807, 2.05) is 31.2 Å². The van der Waals surface area contributed by atoms with Crippen LogP contribution in [0.1, 0.15) is 23.6 Å². The van der Waals surface area contributed by atoms with E-state index in [1.165, 1.54) is 29.2 Å². The molecule has 0 bridgehead atoms. The Labute approximate surface area is 191 Å². The molecule has 0 fully saturated rings. The molecule has 4 rings (SSSR count). The number of aryl methyl sites for hydroxylation is 1. The zero-order valence-corrected chi connectivity index (χ0v) is 18.3. The van der Waals surface area contributed by atoms with Gasteiger partial charge < -0.3 is 15.5 Å². The SMILES string of the molecule is C=CCN1C(=O)N[C@@H](c2ccc(C)cc2)C2=C1CN(CCC(=O)Nc1ccc(F)cc1)C2=O. The second-order valence-corrected chi connectivity index (χ2v) is 8.08. The van der Waals surface area contributed by atoms with Gasteiger partial charge in [-0.25, -0.2) is 9.18 Å². The fraction of sp³-hybridized carbons (Fsp3) is 0.240. The Balaban J connectivity index is 1.50. The summed E-state index contributed by atoms with van der Waals surface area (Å²) < 4.78 is 13.1. The predicted molar refractivity (Wildman–Crippen MR) is 123 cm³/mol. The summed E-state index contributed by atoms with van der Waals surface area (Å²) in [7, 11) is 0. The maximum absolute atomic E-state index is 13.3. The maximum atomic E-state index is 13.3. The van der Waals surface area contributed by atoms with Crippen molar-refractivity contribution in [2.24, 2.45) is 0 Å². The highest BCUT2D eigenvalue weighted by Gasteiger charge is 2.43. The van der Waals surface area contributed by atoms with Gasteiger partial charge in [0.15, 0.2) is 0 Å². The molecule has 0 radical (unpaired) electrons. The Morgan fingerprint density at radius 1 is 1.18 bits per heavy atom. The van der Waals surface area contributed by atoms with Gasteiger partial charge in [-0.05, 0) is 36.8 Å². The van der Waals surface area contributed by atoms with Crippen LogP contribution in [0.15, 0.2) is 72.5 Å². The Morgan fingerprint density at radius 2 is 1.88 bits per heavy atom. The molecule has 33 heavy (non-hydrogen) atoms. The lowest BCUT2D eigenvalue weighted by atomic mass is 9.95. The topological polar surface area (TPSA) is 81.8 Å². The van der Waals surface area contributed by atoms with Crippen molar-refractivity contribution in [2.75, 3.05) is 25.0 Å². The molecule has 170 valence electrons. The second-order valence-electron chi connectivity index (χ2n) is 8.08. The first-order valence-corrected chi connectivity index (χ1v) is 10.7. The molecular weight excluding hydrogens is 423 g/mol. The van der Waals surface area contributed by atoms with E-state index in [0.29, 0.717) is 17.0 Å². The number of hydrogen-bond donors (Lipinski definition) is 2. The summed E-state index contributed by atoms with van der Waals surface area (Å²) in [4.78, 5) is 41.6. The van der Waals surface area contributed by atoms with Crippen molar-refractivity contribution < 1.29 is 18.8 Å². The predicted octanol–water partition coefficient (Wildman–Crippen LogP) is 3.51. The van der Waals surface area contributed by atoms with E-state index in [4.69, 9.17) is 0 Å². The van der Waals surface area contributed by atoms with Crippen LogP contribution in [0.4, 0.5) is 14.9 Å². The van der Waals surface area contributed by atoms with E-state index in [1.54, 1.807) is 11.0 Å². The van der Waals surface area contributed by atoms with Crippen molar-refractivity contribution in [3.05, 3.63) is 89.4 Å². The molecule has 4 amide bonds. The summed E-state index contributed by atoms with van der Waals surface area (Å²) in [6.45, 7) is 6.39. The number of rotatable bonds is 7. The molecule has 0 saturated heterocycles. The summed E-state index contributed by atoms with van der Waals surface area (Å²) in [6, 6.07) is 12.3. The molecule has 8 heteroatoms. The van der Waals surface area contributed by atoms with Crippen LogP contribution in [-0.2, 0) is 9.59 Å². The highest BCUT2D eigenvalue weighted by Crippen LogP contribution is 2.36. The van der Waals surface area contributed by atoms with Crippen molar-refractivity contribution in [3.8, 4) is 0 Å². The zero-order valence-electron chi connectivity index (χ0n) is 18.3. The molecule has 0 aliphatic carbocycles. The number of anilines is 1. The van der Waals surface area contributed by atoms with Crippen LogP contribution in [0.5, 0.6) is 0 Å². The average Bonchev–Trinajstić information content (AvgIpc) is 3.12. The molecule has 2 aliphatic heterocycles. The van der Waals surface area contributed by atoms with Gasteiger partial charge >= 0.3 is 6.03 Å². The number of hydrogen-bond acceptors (Lipinski definition) is 3. The molecule has 0 aromatic heterocycles. The van der Waals surface area contributed by atoms with Crippen molar-refractivity contribution in [3.63, 3.8) is 0 Å². The minimum absolute atomic E-state index is 0.0711. The molecule has 2 aliphatic rings. The Morgan fingerprint density at radius 3 is 2.55 bits per heavy atom. The van der Waals surface area contributed by atoms with Crippen LogP contribution >= 0.6 is 0 Å². The zero-order chi connectivity index (χ0) is 23.5. The number of urea groups is 1. The lowest BCUT2D eigenvalue weighted by Crippen LogP contribution is -2.47. The van der Waals surface area contributed by atoms with E-state index in [9.17, 15) is 18.8 Å². The van der Waals surface area contributed by atoms with Crippen LogP contribution in [0.3, 0.4) is 0 Å². The summed E-state index contributed by atoms with van der Waals surface area (Å²) in [6.07, 6.45) is 1.68. The minimum Gasteiger partial charge on any atom is -0.332 e. The molecule has 0 saturated carbocycles. The van der Waals surface area contributed by atoms with E-state index in [-0.39, 0.29) is 49.7 Å². The van der Waals surface area contributed by atoms with Crippen LogP contribution in [-0.4, -0.2) is 47.3 Å². The molecule has 2 aromatic carbocycles. The lowest BCUT2D eigenvalue weighted by molar-refractivity contribution is -0.126. The van der Waals surface area contributed by atoms with Crippen LogP contribution in [0.2, 0.25) is 0 Å². The van der Waals surface area contributed by atoms with Crippen molar-refractivity contribution in [1.82, 2.24) is 15.1 Å². The number of nitrogens with one attached hydrogen (secondary N) is 2. The number of carbonyl (C=O) groups excluding carboxylic acids is 3. The van der Waals surface area contributed by atoms with Gasteiger partial charge in [0.25, 0.3) is 5.91 Å². The van der Waals surface area contributed by atoms with E-state index >= 15 is 0 Å². The molecule has 1 atom stereocenters. The first-order valence-electron chi connectivity index (χ1n) is 10.7. The largest absolute Gasteiger partial charge is 0.332 e. The third-order valence-corrected chi connectivity index (χ3v) is 5.76. The Hall–Kier alpha value is -3.94. The summed E-state index contributed by atoms with van der Waals surface area (Å²) in [5, 5.41) is 5.63. The van der Waals surface area contributed by atoms with Gasteiger partial charge in [0.05, 0.1) is 23.9 Å². The van der Waals surface area contributed by atoms with Gasteiger partial charge in [0.1, 0.15) is 5.82 Å². The maximum Gasteiger partial charge on any atom is 0.322 e. The average molecular weight is 448 g/mol. The molecule has 7 nitrogen and oxygen atoms in total. The van der Waals surface area contributed by atoms with Crippen molar-refractivity contribution >= 4 is 23.5 Å². The van der Waals surface area contributed by atoms with Crippen LogP contribution in [0.25, 0.3) is 0 Å². The van der Waals surface area contributed by atoms with Crippen LogP contribution < -0.4 is 10.6 Å². The number of amides is 4. The standard InChI is InChI=1S/C25H25FN4O3/c1-3-13-30-20-15-29(14-12-21(31)27-19-10-8-18(26)9-11-19)24(32)22(20)23(28-25(30)33)17-6-4-16(2)5-7-17/h3-11,23H,1,12-15H2,2H3,(H,27,31)(H,28,33)/t23-/m0/s1. The first kappa shape index (κ1) is 22.3. The highest BCUT2D eigenvalue weighted by atomic mass is 19.1. The van der Waals surface area contributed by atoms with Crippen molar-refractivity contribution in [2.45, 2.75) is 19.4 Å². The molecule has 2 aromatic rings. The summed E-state index contributed by atoms with van der Waals surface area (Å²) >= 11 is 0. The third kappa shape index (κ3) is 4.64. The van der Waals surface area contributed by atoms with Gasteiger partial charge in [-0.2, -0.15) is 0 Å². The van der Waals surface area contributed by atoms with Crippen molar-refractivity contribution in [1.29, 1.82) is 0 Å². The monoisotopic (exact) mass is 448 g/mol. The van der Waals surface area contributed by atoms with Crippen LogP contribution in [0, 0.1) is 12.7 Å². The lowest BCUT2D eigenvalue weighted by Gasteiger charge is -2.33. The van der Waals surface area contributed by atoms with E-state index < -0.39 is 6.04 Å². The van der Waals surface area contributed by atoms with Gasteiger partial charge in [-0.15, -0.1) is 6.58 Å². The number of carbonyl (C=O) groups is 3. The summed E-state index contributed by atoms with van der Waals surface area (Å²) in [5.74, 6) is -0.881. The van der Waals surface area contributed by atoms with Gasteiger partial charge in [0.2, 0.25) is 5.91 Å². The molecular formula is C25H25FN4O3. The first-order chi connectivity index (χ1) is 15.9. The smallest absolute Gasteiger partial charge is 0.322 e. The quantitative estimate of drug-likeness (QED) is 0.636. The Bertz CT molecular complexity index is 1130. The molecule has 0 unspecified atom stereocenters. The highest BCUT2D eigenvalue weighted by molar-refractivity contribution is 6.02. The van der Waals surface area contributed by atoms with Gasteiger partial charge in [-0.3, -0.25) is 14.5 Å². The number of benzene rings is 2. The fourth-order valence-electron chi connectivity index (χ4n) is 4.05. The third-order valence-electron chi connectivity index (χ3n) is 5.76. The fourth-order valence-corrected chi connectivity index (χ4v) is 4.05. The second kappa shape index (κ2) is 9.28. The van der Waals surface area contributed by atoms with E-state index in [2.05, 4.69) is 17.2 Å². The Kier molecular flexibility index (Phi) is 6.26. The number of halogens is 1. The van der Waals surface area contributed by atoms with E-state index in [0.717, 1.165) is 11.1 Å². The normalized spacial score (nSPS) is 17.7. The van der Waals surface area contributed by atoms with Gasteiger partial charge in [-0.1, -0.05) is 35.9 Å². The molecule has 2 heterocycles. The number of nitrogens with zero attached hydrogens (tertiary/aromatic N) is 2. The minimum atomic E-state index is -0.556. The van der Waals surface area contributed by atoms with Gasteiger partial charge in [0, 0.05) is 25.2 Å². The summed E-state index contributed by atoms with van der Waals surface area (Å²) in [5.41, 5.74) is 3.53. The molecule has 2 N–H and O–H groups in total.